The molecule has 2 rings (SSSR count). The van der Waals surface area contributed by atoms with Gasteiger partial charge in [-0.1, -0.05) is 0 Å². The number of rotatable bonds is 3. The van der Waals surface area contributed by atoms with Gasteiger partial charge in [0.25, 0.3) is 5.91 Å². The molecule has 0 aromatic heterocycles. The van der Waals surface area contributed by atoms with Gasteiger partial charge in [0.15, 0.2) is 0 Å². The van der Waals surface area contributed by atoms with E-state index in [1.54, 1.807) is 6.92 Å². The molecule has 2 amide bonds. The van der Waals surface area contributed by atoms with Gasteiger partial charge < -0.3 is 15.5 Å². The van der Waals surface area contributed by atoms with Gasteiger partial charge in [-0.05, 0) is 19.1 Å². The first kappa shape index (κ1) is 14.2. The van der Waals surface area contributed by atoms with Crippen LogP contribution in [0.2, 0.25) is 0 Å². The number of carbonyl (C=O) groups excluding carboxylic acids is 2. The molecule has 20 heavy (non-hydrogen) atoms. The molecule has 1 aromatic carbocycles. The van der Waals surface area contributed by atoms with E-state index in [-0.39, 0.29) is 23.7 Å². The first-order chi connectivity index (χ1) is 9.52. The van der Waals surface area contributed by atoms with E-state index >= 15 is 0 Å². The molecule has 0 saturated carbocycles. The average molecular weight is 283 g/mol. The molecule has 1 aromatic rings. The predicted molar refractivity (Wildman–Crippen MR) is 69.4 cm³/mol. The van der Waals surface area contributed by atoms with Crippen LogP contribution in [0.4, 0.5) is 14.5 Å². The zero-order valence-corrected chi connectivity index (χ0v) is 11.0. The summed E-state index contributed by atoms with van der Waals surface area (Å²) < 4.78 is 27.5. The number of carbonyl (C=O) groups is 2. The summed E-state index contributed by atoms with van der Waals surface area (Å²) in [6.07, 6.45) is 0. The van der Waals surface area contributed by atoms with E-state index in [0.29, 0.717) is 19.6 Å². The molecule has 1 fully saturated rings. The van der Waals surface area contributed by atoms with Crippen molar-refractivity contribution in [3.8, 4) is 0 Å². The van der Waals surface area contributed by atoms with Gasteiger partial charge in [0, 0.05) is 25.2 Å². The van der Waals surface area contributed by atoms with Crippen molar-refractivity contribution in [1.29, 1.82) is 0 Å². The van der Waals surface area contributed by atoms with Gasteiger partial charge in [-0.25, -0.2) is 8.78 Å². The normalized spacial score (nSPS) is 14.9. The molecule has 7 heteroatoms. The highest BCUT2D eigenvalue weighted by Crippen LogP contribution is 2.21. The molecule has 108 valence electrons. The number of amides is 2. The fraction of sp³-hybridized carbons (Fsp3) is 0.385. The minimum absolute atomic E-state index is 0.100. The second kappa shape index (κ2) is 5.85. The smallest absolute Gasteiger partial charge is 0.254 e. The number of benzene rings is 1. The number of nitrogens with zero attached hydrogens (tertiary/aromatic N) is 1. The molecule has 2 N–H and O–H groups in total. The summed E-state index contributed by atoms with van der Waals surface area (Å²) in [5, 5.41) is 5.13. The summed E-state index contributed by atoms with van der Waals surface area (Å²) in [6, 6.07) is 1.96. The monoisotopic (exact) mass is 283 g/mol. The molecule has 0 atom stereocenters. The van der Waals surface area contributed by atoms with Crippen molar-refractivity contribution in [3.05, 3.63) is 29.3 Å². The molecular weight excluding hydrogens is 268 g/mol. The van der Waals surface area contributed by atoms with Gasteiger partial charge in [-0.15, -0.1) is 0 Å². The van der Waals surface area contributed by atoms with E-state index in [1.165, 1.54) is 4.90 Å². The Morgan fingerprint density at radius 3 is 2.60 bits per heavy atom. The minimum Gasteiger partial charge on any atom is -0.381 e. The Balaban J connectivity index is 2.24. The number of nitrogens with one attached hydrogen (secondary N) is 2. The number of hydrogen-bond acceptors (Lipinski definition) is 3. The van der Waals surface area contributed by atoms with Gasteiger partial charge in [-0.2, -0.15) is 0 Å². The minimum atomic E-state index is -0.823. The third-order valence-electron chi connectivity index (χ3n) is 2.97. The third-order valence-corrected chi connectivity index (χ3v) is 2.97. The van der Waals surface area contributed by atoms with E-state index in [1.807, 2.05) is 0 Å². The van der Waals surface area contributed by atoms with Crippen molar-refractivity contribution in [2.24, 2.45) is 0 Å². The summed E-state index contributed by atoms with van der Waals surface area (Å²) in [7, 11) is 0. The van der Waals surface area contributed by atoms with Crippen LogP contribution in [-0.2, 0) is 4.79 Å². The van der Waals surface area contributed by atoms with Crippen LogP contribution in [0, 0.1) is 11.6 Å². The largest absolute Gasteiger partial charge is 0.381 e. The molecule has 1 saturated heterocycles. The molecule has 0 spiro atoms. The highest BCUT2D eigenvalue weighted by molar-refractivity contribution is 5.97. The lowest BCUT2D eigenvalue weighted by Gasteiger charge is -2.26. The number of hydrogen-bond donors (Lipinski definition) is 2. The second-order valence-corrected chi connectivity index (χ2v) is 4.42. The highest BCUT2D eigenvalue weighted by atomic mass is 19.1. The van der Waals surface area contributed by atoms with Crippen molar-refractivity contribution < 1.29 is 18.4 Å². The number of piperazine rings is 1. The average Bonchev–Trinajstić information content (AvgIpc) is 2.42. The number of halogens is 2. The summed E-state index contributed by atoms with van der Waals surface area (Å²) in [5.41, 5.74) is -0.350. The van der Waals surface area contributed by atoms with Crippen LogP contribution in [0.5, 0.6) is 0 Å². The fourth-order valence-corrected chi connectivity index (χ4v) is 2.04. The van der Waals surface area contributed by atoms with Crippen molar-refractivity contribution in [2.75, 3.05) is 31.5 Å². The van der Waals surface area contributed by atoms with Crippen LogP contribution < -0.4 is 10.6 Å². The first-order valence-electron chi connectivity index (χ1n) is 6.31. The van der Waals surface area contributed by atoms with Crippen molar-refractivity contribution in [3.63, 3.8) is 0 Å². The quantitative estimate of drug-likeness (QED) is 0.869. The van der Waals surface area contributed by atoms with E-state index in [9.17, 15) is 18.4 Å². The maximum atomic E-state index is 13.7. The standard InChI is InChI=1S/C13H15F2N3O2/c1-2-16-12-9(14)5-8(6-10(12)15)13(20)18-4-3-17-11(19)7-18/h5-6,16H,2-4,7H2,1H3,(H,17,19). The Morgan fingerprint density at radius 2 is 2.05 bits per heavy atom. The molecule has 1 aliphatic heterocycles. The first-order valence-corrected chi connectivity index (χ1v) is 6.31. The second-order valence-electron chi connectivity index (χ2n) is 4.42. The lowest BCUT2D eigenvalue weighted by Crippen LogP contribution is -2.50. The lowest BCUT2D eigenvalue weighted by atomic mass is 10.1. The molecule has 0 radical (unpaired) electrons. The van der Waals surface area contributed by atoms with Gasteiger partial charge >= 0.3 is 0 Å². The van der Waals surface area contributed by atoms with Gasteiger partial charge in [0.2, 0.25) is 5.91 Å². The van der Waals surface area contributed by atoms with Crippen LogP contribution in [0.3, 0.4) is 0 Å². The SMILES string of the molecule is CCNc1c(F)cc(C(=O)N2CCNC(=O)C2)cc1F. The maximum absolute atomic E-state index is 13.7. The maximum Gasteiger partial charge on any atom is 0.254 e. The van der Waals surface area contributed by atoms with Crippen molar-refractivity contribution in [2.45, 2.75) is 6.92 Å². The Labute approximate surface area is 114 Å². The highest BCUT2D eigenvalue weighted by Gasteiger charge is 2.24. The Bertz CT molecular complexity index is 525. The lowest BCUT2D eigenvalue weighted by molar-refractivity contribution is -0.123. The summed E-state index contributed by atoms with van der Waals surface area (Å²) in [4.78, 5) is 24.6. The van der Waals surface area contributed by atoms with Crippen LogP contribution >= 0.6 is 0 Å². The van der Waals surface area contributed by atoms with E-state index in [0.717, 1.165) is 12.1 Å². The third kappa shape index (κ3) is 2.87. The summed E-state index contributed by atoms with van der Waals surface area (Å²) >= 11 is 0. The summed E-state index contributed by atoms with van der Waals surface area (Å²) in [5.74, 6) is -2.48. The Morgan fingerprint density at radius 1 is 1.40 bits per heavy atom. The number of anilines is 1. The van der Waals surface area contributed by atoms with E-state index in [2.05, 4.69) is 10.6 Å². The van der Waals surface area contributed by atoms with Gasteiger partial charge in [0.1, 0.15) is 17.3 Å². The Hall–Kier alpha value is -2.18. The summed E-state index contributed by atoms with van der Waals surface area (Å²) in [6.45, 7) is 2.64. The van der Waals surface area contributed by atoms with Gasteiger partial charge in [-0.3, -0.25) is 9.59 Å². The molecule has 0 aliphatic carbocycles. The molecule has 5 nitrogen and oxygen atoms in total. The molecule has 1 heterocycles. The van der Waals surface area contributed by atoms with Crippen LogP contribution in [0.25, 0.3) is 0 Å². The predicted octanol–water partition coefficient (Wildman–Crippen LogP) is 0.969. The van der Waals surface area contributed by atoms with E-state index in [4.69, 9.17) is 0 Å². The van der Waals surface area contributed by atoms with Crippen LogP contribution in [-0.4, -0.2) is 42.9 Å². The molecular formula is C13H15F2N3O2. The zero-order chi connectivity index (χ0) is 14.7. The van der Waals surface area contributed by atoms with Crippen molar-refractivity contribution >= 4 is 17.5 Å². The molecule has 0 bridgehead atoms. The van der Waals surface area contributed by atoms with Crippen LogP contribution in [0.1, 0.15) is 17.3 Å². The topological polar surface area (TPSA) is 61.4 Å². The Kier molecular flexibility index (Phi) is 4.16. The van der Waals surface area contributed by atoms with Crippen molar-refractivity contribution in [1.82, 2.24) is 10.2 Å². The molecule has 0 unspecified atom stereocenters. The van der Waals surface area contributed by atoms with Crippen LogP contribution in [0.15, 0.2) is 12.1 Å². The van der Waals surface area contributed by atoms with Gasteiger partial charge in [0.05, 0.1) is 6.54 Å². The fourth-order valence-electron chi connectivity index (χ4n) is 2.04. The van der Waals surface area contributed by atoms with E-state index < -0.39 is 17.5 Å². The zero-order valence-electron chi connectivity index (χ0n) is 11.0. The molecule has 1 aliphatic rings.